The molecule has 0 unspecified atom stereocenters. The third-order valence-electron chi connectivity index (χ3n) is 3.95. The zero-order valence-corrected chi connectivity index (χ0v) is 17.3. The van der Waals surface area contributed by atoms with Crippen molar-refractivity contribution in [2.75, 3.05) is 40.9 Å². The number of anilines is 1. The highest BCUT2D eigenvalue weighted by Gasteiger charge is 2.13. The molecule has 1 N–H and O–H groups in total. The fourth-order valence-corrected chi connectivity index (χ4v) is 2.51. The van der Waals surface area contributed by atoms with E-state index >= 15 is 0 Å². The Labute approximate surface area is 174 Å². The Bertz CT molecular complexity index is 914. The molecule has 9 heteroatoms. The molecule has 0 aliphatic heterocycles. The predicted octanol–water partition coefficient (Wildman–Crippen LogP) is 3.52. The van der Waals surface area contributed by atoms with Gasteiger partial charge < -0.3 is 33.7 Å². The van der Waals surface area contributed by atoms with Gasteiger partial charge in [-0.2, -0.15) is 0 Å². The van der Waals surface area contributed by atoms with Crippen LogP contribution in [0.4, 0.5) is 10.5 Å². The summed E-state index contributed by atoms with van der Waals surface area (Å²) in [5.41, 5.74) is 0.957. The number of carbonyl (C=O) groups excluding carboxylic acids is 2. The maximum atomic E-state index is 12.4. The summed E-state index contributed by atoms with van der Waals surface area (Å²) in [7, 11) is 7.16. The van der Waals surface area contributed by atoms with E-state index in [0.29, 0.717) is 34.2 Å². The molecular weight excluding hydrogens is 394 g/mol. The first-order valence-electron chi connectivity index (χ1n) is 8.68. The number of nitrogens with one attached hydrogen (secondary N) is 1. The van der Waals surface area contributed by atoms with Crippen molar-refractivity contribution in [3.05, 3.63) is 42.0 Å². The fraction of sp³-hybridized carbons (Fsp3) is 0.238. The number of carbonyl (C=O) groups is 2. The second kappa shape index (κ2) is 10.6. The molecule has 0 bridgehead atoms. The number of hydrogen-bond donors (Lipinski definition) is 1. The van der Waals surface area contributed by atoms with Gasteiger partial charge in [-0.05, 0) is 18.2 Å². The summed E-state index contributed by atoms with van der Waals surface area (Å²) in [6, 6.07) is 7.95. The maximum Gasteiger partial charge on any atom is 0.513 e. The largest absolute Gasteiger partial charge is 0.513 e. The molecule has 30 heavy (non-hydrogen) atoms. The van der Waals surface area contributed by atoms with Gasteiger partial charge in [0.2, 0.25) is 5.91 Å². The molecule has 0 saturated carbocycles. The molecule has 1 amide bonds. The first-order valence-corrected chi connectivity index (χ1v) is 8.68. The second-order valence-electron chi connectivity index (χ2n) is 5.69. The van der Waals surface area contributed by atoms with Gasteiger partial charge >= 0.3 is 6.16 Å². The molecule has 0 atom stereocenters. The average molecular weight is 417 g/mol. The van der Waals surface area contributed by atoms with Crippen LogP contribution in [0.2, 0.25) is 0 Å². The molecule has 0 spiro atoms. The number of amides is 1. The number of methoxy groups -OCH3 is 5. The second-order valence-corrected chi connectivity index (χ2v) is 5.69. The molecule has 0 heterocycles. The van der Waals surface area contributed by atoms with Crippen LogP contribution in [0.5, 0.6) is 28.7 Å². The summed E-state index contributed by atoms with van der Waals surface area (Å²) in [6.45, 7) is 0. The molecule has 2 rings (SSSR count). The summed E-state index contributed by atoms with van der Waals surface area (Å²) < 4.78 is 30.5. The van der Waals surface area contributed by atoms with Crippen LogP contribution in [0.15, 0.2) is 36.4 Å². The van der Waals surface area contributed by atoms with Crippen LogP contribution in [-0.2, 0) is 9.53 Å². The van der Waals surface area contributed by atoms with Gasteiger partial charge in [0.25, 0.3) is 0 Å². The highest BCUT2D eigenvalue weighted by Crippen LogP contribution is 2.35. The van der Waals surface area contributed by atoms with Gasteiger partial charge in [-0.1, -0.05) is 0 Å². The van der Waals surface area contributed by atoms with Crippen molar-refractivity contribution in [1.82, 2.24) is 0 Å². The van der Waals surface area contributed by atoms with E-state index in [0.717, 1.165) is 0 Å². The molecule has 2 aromatic carbocycles. The van der Waals surface area contributed by atoms with E-state index < -0.39 is 12.1 Å². The van der Waals surface area contributed by atoms with Crippen LogP contribution < -0.4 is 29.0 Å². The lowest BCUT2D eigenvalue weighted by atomic mass is 10.1. The normalized spacial score (nSPS) is 10.3. The minimum Gasteiger partial charge on any atom is -0.496 e. The molecular formula is C21H23NO8. The summed E-state index contributed by atoms with van der Waals surface area (Å²) >= 11 is 0. The van der Waals surface area contributed by atoms with Gasteiger partial charge in [-0.25, -0.2) is 4.79 Å². The van der Waals surface area contributed by atoms with E-state index in [9.17, 15) is 9.59 Å². The highest BCUT2D eigenvalue weighted by atomic mass is 16.7. The first kappa shape index (κ1) is 22.4. The quantitative estimate of drug-likeness (QED) is 0.396. The zero-order chi connectivity index (χ0) is 22.1. The maximum absolute atomic E-state index is 12.4. The predicted molar refractivity (Wildman–Crippen MR) is 110 cm³/mol. The molecule has 0 radical (unpaired) electrons. The van der Waals surface area contributed by atoms with Crippen molar-refractivity contribution in [3.63, 3.8) is 0 Å². The lowest BCUT2D eigenvalue weighted by Crippen LogP contribution is -2.10. The van der Waals surface area contributed by atoms with E-state index in [1.807, 2.05) is 0 Å². The van der Waals surface area contributed by atoms with E-state index in [-0.39, 0.29) is 5.75 Å². The molecule has 0 aliphatic carbocycles. The summed E-state index contributed by atoms with van der Waals surface area (Å²) in [6.07, 6.45) is 1.97. The average Bonchev–Trinajstić information content (AvgIpc) is 2.77. The van der Waals surface area contributed by atoms with Gasteiger partial charge in [0.15, 0.2) is 11.5 Å². The van der Waals surface area contributed by atoms with Gasteiger partial charge in [0, 0.05) is 30.0 Å². The smallest absolute Gasteiger partial charge is 0.496 e. The van der Waals surface area contributed by atoms with Crippen LogP contribution in [0.3, 0.4) is 0 Å². The van der Waals surface area contributed by atoms with E-state index in [1.165, 1.54) is 47.7 Å². The molecule has 160 valence electrons. The van der Waals surface area contributed by atoms with Gasteiger partial charge in [0.1, 0.15) is 17.2 Å². The van der Waals surface area contributed by atoms with E-state index in [1.54, 1.807) is 30.3 Å². The third kappa shape index (κ3) is 5.57. The van der Waals surface area contributed by atoms with Crippen LogP contribution in [0.1, 0.15) is 5.56 Å². The van der Waals surface area contributed by atoms with Crippen LogP contribution in [0, 0.1) is 0 Å². The molecule has 2 aromatic rings. The lowest BCUT2D eigenvalue weighted by Gasteiger charge is -2.12. The van der Waals surface area contributed by atoms with Crippen molar-refractivity contribution in [3.8, 4) is 28.7 Å². The molecule has 0 aliphatic rings. The van der Waals surface area contributed by atoms with Gasteiger partial charge in [0.05, 0.1) is 41.1 Å². The number of rotatable bonds is 8. The highest BCUT2D eigenvalue weighted by molar-refractivity contribution is 6.02. The van der Waals surface area contributed by atoms with Gasteiger partial charge in [-0.15, -0.1) is 0 Å². The lowest BCUT2D eigenvalue weighted by molar-refractivity contribution is -0.111. The number of ether oxygens (including phenoxy) is 6. The van der Waals surface area contributed by atoms with Crippen LogP contribution in [-0.4, -0.2) is 47.6 Å². The van der Waals surface area contributed by atoms with Crippen molar-refractivity contribution >= 4 is 23.8 Å². The van der Waals surface area contributed by atoms with Crippen molar-refractivity contribution in [2.45, 2.75) is 0 Å². The Morgan fingerprint density at radius 3 is 1.97 bits per heavy atom. The first-order chi connectivity index (χ1) is 14.4. The Morgan fingerprint density at radius 2 is 1.43 bits per heavy atom. The summed E-state index contributed by atoms with van der Waals surface area (Å²) in [4.78, 5) is 23.8. The minimum atomic E-state index is -0.907. The molecule has 0 saturated heterocycles. The minimum absolute atomic E-state index is 0.102. The van der Waals surface area contributed by atoms with Crippen molar-refractivity contribution < 1.29 is 38.0 Å². The van der Waals surface area contributed by atoms with Gasteiger partial charge in [-0.3, -0.25) is 4.79 Å². The Balaban J connectivity index is 2.22. The van der Waals surface area contributed by atoms with Crippen LogP contribution >= 0.6 is 0 Å². The van der Waals surface area contributed by atoms with E-state index in [2.05, 4.69) is 10.1 Å². The Morgan fingerprint density at radius 1 is 0.800 bits per heavy atom. The standard InChI is InChI=1S/C21H23NO8/c1-25-14-11-17(27-3)15(18(12-14)28-4)7-9-20(23)22-13-6-8-16(26-2)19(10-13)30-21(24)29-5/h6-12H,1-5H3,(H,22,23)/b9-7+. The number of hydrogen-bond acceptors (Lipinski definition) is 8. The van der Waals surface area contributed by atoms with Crippen LogP contribution in [0.25, 0.3) is 6.08 Å². The van der Waals surface area contributed by atoms with Crippen molar-refractivity contribution in [2.24, 2.45) is 0 Å². The zero-order valence-electron chi connectivity index (χ0n) is 17.3. The SMILES string of the molecule is COC(=O)Oc1cc(NC(=O)/C=C/c2c(OC)cc(OC)cc2OC)ccc1OC. The molecule has 9 nitrogen and oxygen atoms in total. The topological polar surface area (TPSA) is 102 Å². The fourth-order valence-electron chi connectivity index (χ4n) is 2.51. The van der Waals surface area contributed by atoms with Crippen molar-refractivity contribution in [1.29, 1.82) is 0 Å². The monoisotopic (exact) mass is 417 g/mol. The molecule has 0 fully saturated rings. The summed E-state index contributed by atoms with van der Waals surface area (Å²) in [5.74, 6) is 1.50. The third-order valence-corrected chi connectivity index (χ3v) is 3.95. The molecule has 0 aromatic heterocycles. The van der Waals surface area contributed by atoms with E-state index in [4.69, 9.17) is 23.7 Å². The Kier molecular flexibility index (Phi) is 7.92. The Hall–Kier alpha value is -3.88. The summed E-state index contributed by atoms with van der Waals surface area (Å²) in [5, 5.41) is 2.67. The number of benzene rings is 2.